The van der Waals surface area contributed by atoms with E-state index in [1.165, 1.54) is 0 Å². The van der Waals surface area contributed by atoms with Crippen molar-refractivity contribution in [2.75, 3.05) is 26.9 Å². The quantitative estimate of drug-likeness (QED) is 0.668. The topological polar surface area (TPSA) is 38.7 Å². The molecule has 0 saturated carbocycles. The molecule has 59 valence electrons. The van der Waals surface area contributed by atoms with Gasteiger partial charge < -0.3 is 14.6 Å². The van der Waals surface area contributed by atoms with E-state index in [2.05, 4.69) is 0 Å². The second-order valence-electron chi connectivity index (χ2n) is 1.84. The van der Waals surface area contributed by atoms with Crippen LogP contribution in [0.5, 0.6) is 0 Å². The molecule has 0 bridgehead atoms. The van der Waals surface area contributed by atoms with Crippen LogP contribution >= 0.6 is 0 Å². The molecule has 10 heavy (non-hydrogen) atoms. The first-order chi connectivity index (χ1) is 4.31. The van der Waals surface area contributed by atoms with Gasteiger partial charge in [0.1, 0.15) is 0 Å². The third kappa shape index (κ3) is 8.98. The van der Waals surface area contributed by atoms with Gasteiger partial charge in [-0.25, -0.2) is 0 Å². The summed E-state index contributed by atoms with van der Waals surface area (Å²) in [6.45, 7) is 2.94. The zero-order valence-electron chi connectivity index (χ0n) is 6.54. The fraction of sp³-hybridized carbons (Fsp3) is 1.00. The number of hydrogen-bond donors (Lipinski definition) is 1. The predicted molar refractivity (Wildman–Crippen MR) is 34.4 cm³/mol. The molecular formula is C6H14O3Y. The molecule has 1 unspecified atom stereocenters. The summed E-state index contributed by atoms with van der Waals surface area (Å²) in [7, 11) is 1.63. The molecule has 1 atom stereocenters. The largest absolute Gasteiger partial charge is 0.394 e. The van der Waals surface area contributed by atoms with Gasteiger partial charge in [0.25, 0.3) is 0 Å². The van der Waals surface area contributed by atoms with E-state index in [9.17, 15) is 0 Å². The molecule has 0 heterocycles. The molecule has 0 spiro atoms. The van der Waals surface area contributed by atoms with Crippen LogP contribution in [0.4, 0.5) is 0 Å². The van der Waals surface area contributed by atoms with Crippen LogP contribution in [0, 0.1) is 0 Å². The van der Waals surface area contributed by atoms with Gasteiger partial charge in [0.05, 0.1) is 25.9 Å². The Morgan fingerprint density at radius 1 is 1.50 bits per heavy atom. The Bertz CT molecular complexity index is 61.0. The number of rotatable bonds is 5. The van der Waals surface area contributed by atoms with Gasteiger partial charge >= 0.3 is 0 Å². The Labute approximate surface area is 87.0 Å². The average molecular weight is 223 g/mol. The predicted octanol–water partition coefficient (Wildman–Crippen LogP) is 0.0277. The molecule has 3 nitrogen and oxygen atoms in total. The van der Waals surface area contributed by atoms with Crippen LogP contribution < -0.4 is 0 Å². The summed E-state index contributed by atoms with van der Waals surface area (Å²) in [6, 6.07) is 0. The second kappa shape index (κ2) is 9.98. The Morgan fingerprint density at radius 2 is 2.10 bits per heavy atom. The van der Waals surface area contributed by atoms with Crippen molar-refractivity contribution in [3.8, 4) is 0 Å². The van der Waals surface area contributed by atoms with E-state index >= 15 is 0 Å². The molecule has 1 radical (unpaired) electrons. The van der Waals surface area contributed by atoms with E-state index in [0.717, 1.165) is 0 Å². The molecule has 0 aliphatic rings. The molecule has 0 aliphatic carbocycles. The summed E-state index contributed by atoms with van der Waals surface area (Å²) in [6.07, 6.45) is 0.122. The van der Waals surface area contributed by atoms with Crippen LogP contribution in [0.3, 0.4) is 0 Å². The molecule has 0 aromatic heterocycles. The first-order valence-electron chi connectivity index (χ1n) is 3.02. The van der Waals surface area contributed by atoms with Gasteiger partial charge in [0, 0.05) is 39.8 Å². The first-order valence-corrected chi connectivity index (χ1v) is 3.02. The van der Waals surface area contributed by atoms with Crippen LogP contribution in [0.25, 0.3) is 0 Å². The molecule has 0 aromatic rings. The summed E-state index contributed by atoms with van der Waals surface area (Å²) in [5.41, 5.74) is 0. The van der Waals surface area contributed by atoms with E-state index in [1.54, 1.807) is 7.11 Å². The van der Waals surface area contributed by atoms with Gasteiger partial charge in [-0.1, -0.05) is 0 Å². The Hall–Kier alpha value is 0.984. The van der Waals surface area contributed by atoms with Crippen molar-refractivity contribution >= 4 is 0 Å². The smallest absolute Gasteiger partial charge is 0.0776 e. The minimum Gasteiger partial charge on any atom is -0.394 e. The van der Waals surface area contributed by atoms with E-state index < -0.39 is 0 Å². The average Bonchev–Trinajstić information content (AvgIpc) is 1.89. The van der Waals surface area contributed by atoms with E-state index in [1.807, 2.05) is 6.92 Å². The molecule has 0 aliphatic heterocycles. The van der Waals surface area contributed by atoms with Gasteiger partial charge in [-0.15, -0.1) is 0 Å². The molecule has 1 N–H and O–H groups in total. The van der Waals surface area contributed by atoms with Crippen LogP contribution in [0.2, 0.25) is 0 Å². The summed E-state index contributed by atoms with van der Waals surface area (Å²) in [5, 5.41) is 8.29. The van der Waals surface area contributed by atoms with Crippen molar-refractivity contribution < 1.29 is 47.3 Å². The van der Waals surface area contributed by atoms with Crippen LogP contribution in [-0.4, -0.2) is 38.1 Å². The van der Waals surface area contributed by atoms with Gasteiger partial charge in [-0.05, 0) is 6.92 Å². The molecule has 0 amide bonds. The first kappa shape index (κ1) is 13.6. The van der Waals surface area contributed by atoms with Gasteiger partial charge in [-0.2, -0.15) is 0 Å². The van der Waals surface area contributed by atoms with Gasteiger partial charge in [-0.3, -0.25) is 0 Å². The van der Waals surface area contributed by atoms with Crippen LogP contribution in [-0.2, 0) is 42.2 Å². The Morgan fingerprint density at radius 3 is 2.50 bits per heavy atom. The maximum atomic E-state index is 8.29. The number of methoxy groups -OCH3 is 1. The van der Waals surface area contributed by atoms with Crippen LogP contribution in [0.15, 0.2) is 0 Å². The van der Waals surface area contributed by atoms with E-state index in [4.69, 9.17) is 14.6 Å². The van der Waals surface area contributed by atoms with Gasteiger partial charge in [0.2, 0.25) is 0 Å². The molecular weight excluding hydrogens is 209 g/mol. The van der Waals surface area contributed by atoms with Crippen molar-refractivity contribution in [1.82, 2.24) is 0 Å². The minimum atomic E-state index is 0. The SMILES string of the molecule is COC(C)COCCO.[Y]. The zero-order valence-corrected chi connectivity index (χ0v) is 9.38. The van der Waals surface area contributed by atoms with Crippen molar-refractivity contribution in [2.24, 2.45) is 0 Å². The Kier molecular flexibility index (Phi) is 13.5. The number of hydrogen-bond acceptors (Lipinski definition) is 3. The molecule has 0 fully saturated rings. The minimum absolute atomic E-state index is 0. The third-order valence-corrected chi connectivity index (χ3v) is 0.991. The molecule has 0 rings (SSSR count). The summed E-state index contributed by atoms with van der Waals surface area (Å²) < 4.78 is 9.85. The standard InChI is InChI=1S/C6H14O3.Y/c1-6(8-2)5-9-4-3-7;/h6-7H,3-5H2,1-2H3;. The zero-order chi connectivity index (χ0) is 7.11. The van der Waals surface area contributed by atoms with Crippen LogP contribution in [0.1, 0.15) is 6.92 Å². The molecule has 0 saturated heterocycles. The fourth-order valence-corrected chi connectivity index (χ4v) is 0.382. The van der Waals surface area contributed by atoms with Crippen molar-refractivity contribution in [3.63, 3.8) is 0 Å². The molecule has 4 heteroatoms. The summed E-state index contributed by atoms with van der Waals surface area (Å²) in [4.78, 5) is 0. The normalized spacial score (nSPS) is 12.3. The maximum Gasteiger partial charge on any atom is 0.0776 e. The number of ether oxygens (including phenoxy) is 2. The van der Waals surface area contributed by atoms with Crippen molar-refractivity contribution in [2.45, 2.75) is 13.0 Å². The fourth-order valence-electron chi connectivity index (χ4n) is 0.382. The number of aliphatic hydroxyl groups is 1. The third-order valence-electron chi connectivity index (χ3n) is 0.991. The Balaban J connectivity index is 0. The second-order valence-corrected chi connectivity index (χ2v) is 1.84. The summed E-state index contributed by atoms with van der Waals surface area (Å²) >= 11 is 0. The van der Waals surface area contributed by atoms with Gasteiger partial charge in [0.15, 0.2) is 0 Å². The number of aliphatic hydroxyl groups excluding tert-OH is 1. The van der Waals surface area contributed by atoms with Crippen molar-refractivity contribution in [3.05, 3.63) is 0 Å². The van der Waals surface area contributed by atoms with Crippen molar-refractivity contribution in [1.29, 1.82) is 0 Å². The molecule has 0 aromatic carbocycles. The van der Waals surface area contributed by atoms with E-state index in [-0.39, 0.29) is 45.4 Å². The summed E-state index contributed by atoms with van der Waals surface area (Å²) in [5.74, 6) is 0. The monoisotopic (exact) mass is 223 g/mol. The maximum absolute atomic E-state index is 8.29. The van der Waals surface area contributed by atoms with E-state index in [0.29, 0.717) is 13.2 Å².